The van der Waals surface area contributed by atoms with Crippen molar-refractivity contribution >= 4 is 27.5 Å². The first-order valence-electron chi connectivity index (χ1n) is 11.3. The molecule has 10 nitrogen and oxygen atoms in total. The monoisotopic (exact) mass is 517 g/mol. The van der Waals surface area contributed by atoms with E-state index in [0.29, 0.717) is 39.5 Å². The molecule has 0 atom stereocenters. The lowest BCUT2D eigenvalue weighted by molar-refractivity contribution is -0.121. The van der Waals surface area contributed by atoms with Gasteiger partial charge in [0.1, 0.15) is 5.75 Å². The maximum atomic E-state index is 12.9. The number of anilines is 1. The summed E-state index contributed by atoms with van der Waals surface area (Å²) in [6.45, 7) is 1.84. The summed E-state index contributed by atoms with van der Waals surface area (Å²) < 4.78 is 31.5. The van der Waals surface area contributed by atoms with Gasteiger partial charge in [0, 0.05) is 11.1 Å². The Bertz CT molecular complexity index is 1660. The number of primary amides is 1. The van der Waals surface area contributed by atoms with Crippen LogP contribution in [0.15, 0.2) is 77.7 Å². The topological polar surface area (TPSA) is 151 Å². The van der Waals surface area contributed by atoms with Gasteiger partial charge in [-0.25, -0.2) is 18.2 Å². The molecule has 188 valence electrons. The smallest absolute Gasteiger partial charge is 0.265 e. The number of rotatable bonds is 6. The Kier molecular flexibility index (Phi) is 6.02. The number of primary sulfonamides is 1. The van der Waals surface area contributed by atoms with Crippen molar-refractivity contribution in [1.29, 1.82) is 0 Å². The van der Waals surface area contributed by atoms with Crippen molar-refractivity contribution in [3.63, 3.8) is 0 Å². The fourth-order valence-corrected chi connectivity index (χ4v) is 5.10. The highest BCUT2D eigenvalue weighted by Crippen LogP contribution is 2.38. The number of hydrogen-bond donors (Lipinski definition) is 2. The second-order valence-corrected chi connectivity index (χ2v) is 10.1. The van der Waals surface area contributed by atoms with E-state index in [1.807, 2.05) is 13.0 Å². The Morgan fingerprint density at radius 1 is 1.05 bits per heavy atom. The molecule has 0 unspecified atom stereocenters. The molecular weight excluding hydrogens is 494 g/mol. The summed E-state index contributed by atoms with van der Waals surface area (Å²) in [7, 11) is -3.94. The van der Waals surface area contributed by atoms with Crippen LogP contribution in [0.3, 0.4) is 0 Å². The average Bonchev–Trinajstić information content (AvgIpc) is 3.25. The van der Waals surface area contributed by atoms with Crippen LogP contribution in [-0.4, -0.2) is 36.6 Å². The van der Waals surface area contributed by atoms with E-state index in [-0.39, 0.29) is 24.0 Å². The first kappa shape index (κ1) is 24.2. The van der Waals surface area contributed by atoms with Gasteiger partial charge in [0.2, 0.25) is 15.9 Å². The van der Waals surface area contributed by atoms with Gasteiger partial charge in [-0.1, -0.05) is 30.3 Å². The van der Waals surface area contributed by atoms with Crippen molar-refractivity contribution in [2.45, 2.75) is 18.4 Å². The van der Waals surface area contributed by atoms with E-state index in [0.717, 1.165) is 5.69 Å². The largest absolute Gasteiger partial charge is 0.482 e. The fourth-order valence-electron chi connectivity index (χ4n) is 4.34. The highest BCUT2D eigenvalue weighted by atomic mass is 32.2. The van der Waals surface area contributed by atoms with Crippen LogP contribution < -0.4 is 20.5 Å². The molecule has 0 fully saturated rings. The van der Waals surface area contributed by atoms with Crippen LogP contribution in [0.2, 0.25) is 0 Å². The van der Waals surface area contributed by atoms with Crippen molar-refractivity contribution in [3.8, 4) is 22.6 Å². The number of aryl methyl sites for hydroxylation is 1. The summed E-state index contributed by atoms with van der Waals surface area (Å²) in [5, 5.41) is 9.94. The van der Waals surface area contributed by atoms with Crippen molar-refractivity contribution in [2.24, 2.45) is 10.9 Å². The predicted octanol–water partition coefficient (Wildman–Crippen LogP) is 2.52. The number of sulfonamides is 1. The summed E-state index contributed by atoms with van der Waals surface area (Å²) >= 11 is 0. The fraction of sp³-hybridized carbons (Fsp3) is 0.115. The van der Waals surface area contributed by atoms with Gasteiger partial charge in [-0.2, -0.15) is 5.10 Å². The third-order valence-corrected chi connectivity index (χ3v) is 6.98. The zero-order valence-electron chi connectivity index (χ0n) is 19.8. The molecule has 1 aromatic heterocycles. The minimum Gasteiger partial charge on any atom is -0.482 e. The van der Waals surface area contributed by atoms with E-state index < -0.39 is 15.9 Å². The van der Waals surface area contributed by atoms with Gasteiger partial charge < -0.3 is 10.5 Å². The molecular formula is C26H23N5O5S. The first-order chi connectivity index (χ1) is 17.6. The van der Waals surface area contributed by atoms with Crippen molar-refractivity contribution in [1.82, 2.24) is 9.78 Å². The lowest BCUT2D eigenvalue weighted by atomic mass is 10.0. The number of carbonyl (C=O) groups is 2. The van der Waals surface area contributed by atoms with Crippen molar-refractivity contribution in [2.75, 3.05) is 11.5 Å². The summed E-state index contributed by atoms with van der Waals surface area (Å²) in [5.74, 6) is -0.370. The van der Waals surface area contributed by atoms with E-state index in [4.69, 9.17) is 15.6 Å². The van der Waals surface area contributed by atoms with Gasteiger partial charge in [0.25, 0.3) is 5.91 Å². The number of aromatic nitrogens is 2. The number of nitrogens with two attached hydrogens (primary N) is 2. The molecule has 11 heteroatoms. The molecule has 0 spiro atoms. The van der Waals surface area contributed by atoms with Gasteiger partial charge in [-0.05, 0) is 55.0 Å². The molecule has 0 saturated carbocycles. The zero-order valence-corrected chi connectivity index (χ0v) is 20.6. The highest BCUT2D eigenvalue weighted by Gasteiger charge is 2.28. The lowest BCUT2D eigenvalue weighted by Gasteiger charge is -2.30. The van der Waals surface area contributed by atoms with Crippen molar-refractivity contribution in [3.05, 3.63) is 89.7 Å². The van der Waals surface area contributed by atoms with Crippen molar-refractivity contribution < 1.29 is 22.7 Å². The molecule has 0 saturated heterocycles. The average molecular weight is 518 g/mol. The Morgan fingerprint density at radius 2 is 1.84 bits per heavy atom. The van der Waals surface area contributed by atoms with E-state index >= 15 is 0 Å². The lowest BCUT2D eigenvalue weighted by Crippen LogP contribution is -2.38. The number of nitrogens with zero attached hydrogens (tertiary/aromatic N) is 3. The SMILES string of the molecule is Cc1cc(CN2C(=O)COc3cc(-c4ccccc4S(N)(=O)=O)ccc32)n(-c2cccc(C(N)=O)c2)n1. The van der Waals surface area contributed by atoms with E-state index in [1.165, 1.54) is 6.07 Å². The standard InChI is InChI=1S/C26H23N5O5S/c1-16-11-20(31(29-16)19-6-4-5-18(12-19)26(27)33)14-30-22-10-9-17(13-23(22)36-15-25(30)32)21-7-2-3-8-24(21)37(28,34)35/h2-13H,14-15H2,1H3,(H2,27,33)(H2,28,34,35). The Balaban J connectivity index is 1.53. The van der Waals surface area contributed by atoms with Crippen LogP contribution >= 0.6 is 0 Å². The zero-order chi connectivity index (χ0) is 26.3. The molecule has 2 heterocycles. The number of fused-ring (bicyclic) bond motifs is 1. The molecule has 3 aromatic carbocycles. The van der Waals surface area contributed by atoms with Crippen LogP contribution in [0.25, 0.3) is 16.8 Å². The summed E-state index contributed by atoms with van der Waals surface area (Å²) in [6.07, 6.45) is 0. The molecule has 0 bridgehead atoms. The van der Waals surface area contributed by atoms with Crippen LogP contribution in [0.4, 0.5) is 5.69 Å². The normalized spacial score (nSPS) is 13.2. The maximum absolute atomic E-state index is 12.9. The Labute approximate surface area is 213 Å². The molecule has 2 amide bonds. The molecule has 4 aromatic rings. The van der Waals surface area contributed by atoms with Crippen LogP contribution in [0.5, 0.6) is 5.75 Å². The minimum absolute atomic E-state index is 0.00346. The van der Waals surface area contributed by atoms with Gasteiger partial charge in [0.15, 0.2) is 6.61 Å². The summed E-state index contributed by atoms with van der Waals surface area (Å²) in [6, 6.07) is 20.2. The highest BCUT2D eigenvalue weighted by molar-refractivity contribution is 7.89. The number of carbonyl (C=O) groups excluding carboxylic acids is 2. The molecule has 4 N–H and O–H groups in total. The second kappa shape index (κ2) is 9.19. The van der Waals surface area contributed by atoms with Gasteiger partial charge in [-0.3, -0.25) is 14.5 Å². The van der Waals surface area contributed by atoms with E-state index in [9.17, 15) is 18.0 Å². The molecule has 0 aliphatic carbocycles. The number of hydrogen-bond acceptors (Lipinski definition) is 6. The Hall–Kier alpha value is -4.48. The maximum Gasteiger partial charge on any atom is 0.265 e. The predicted molar refractivity (Wildman–Crippen MR) is 137 cm³/mol. The molecule has 0 radical (unpaired) electrons. The molecule has 5 rings (SSSR count). The third kappa shape index (κ3) is 4.69. The minimum atomic E-state index is -3.94. The second-order valence-electron chi connectivity index (χ2n) is 8.60. The van der Waals surface area contributed by atoms with E-state index in [1.54, 1.807) is 70.2 Å². The third-order valence-electron chi connectivity index (χ3n) is 6.01. The molecule has 1 aliphatic heterocycles. The first-order valence-corrected chi connectivity index (χ1v) is 12.8. The van der Waals surface area contributed by atoms with Crippen LogP contribution in [0.1, 0.15) is 21.7 Å². The Morgan fingerprint density at radius 3 is 2.59 bits per heavy atom. The van der Waals surface area contributed by atoms with Crippen LogP contribution in [0, 0.1) is 6.92 Å². The van der Waals surface area contributed by atoms with Gasteiger partial charge >= 0.3 is 0 Å². The van der Waals surface area contributed by atoms with Crippen LogP contribution in [-0.2, 0) is 21.4 Å². The van der Waals surface area contributed by atoms with Gasteiger partial charge in [0.05, 0.1) is 34.2 Å². The summed E-state index contributed by atoms with van der Waals surface area (Å²) in [4.78, 5) is 26.2. The number of benzene rings is 3. The quantitative estimate of drug-likeness (QED) is 0.401. The number of ether oxygens (including phenoxy) is 1. The molecule has 37 heavy (non-hydrogen) atoms. The van der Waals surface area contributed by atoms with Gasteiger partial charge in [-0.15, -0.1) is 0 Å². The molecule has 1 aliphatic rings. The number of amides is 2. The van der Waals surface area contributed by atoms with E-state index in [2.05, 4.69) is 5.10 Å². The summed E-state index contributed by atoms with van der Waals surface area (Å²) in [5.41, 5.74) is 9.41.